The molecule has 0 unspecified atom stereocenters. The minimum Gasteiger partial charge on any atom is -0.489 e. The highest BCUT2D eigenvalue weighted by Gasteiger charge is 2.56. The predicted molar refractivity (Wildman–Crippen MR) is 131 cm³/mol. The molecule has 0 saturated heterocycles. The van der Waals surface area contributed by atoms with E-state index in [2.05, 4.69) is 32.0 Å². The van der Waals surface area contributed by atoms with Crippen molar-refractivity contribution in [3.63, 3.8) is 0 Å². The first-order valence-corrected chi connectivity index (χ1v) is 13.2. The van der Waals surface area contributed by atoms with Gasteiger partial charge in [-0.25, -0.2) is 4.39 Å². The molecule has 2 saturated carbocycles. The van der Waals surface area contributed by atoms with Gasteiger partial charge >= 0.3 is 5.97 Å². The summed E-state index contributed by atoms with van der Waals surface area (Å²) in [6.07, 6.45) is 9.38. The van der Waals surface area contributed by atoms with Crippen molar-refractivity contribution >= 4 is 5.97 Å². The number of hydrogen-bond donors (Lipinski definition) is 0. The van der Waals surface area contributed by atoms with Gasteiger partial charge in [0.05, 0.1) is 0 Å². The lowest BCUT2D eigenvalue weighted by molar-refractivity contribution is -0.157. The SMILES string of the molecule is CCCCC(=O)O[C@@H]1CC[C@H]2[C@H]3CCc4cc(OCc5ccc(F)cc5)ccc4[C@@H]3CC[C@]12C. The Kier molecular flexibility index (Phi) is 6.68. The summed E-state index contributed by atoms with van der Waals surface area (Å²) in [6, 6.07) is 13.1. The van der Waals surface area contributed by atoms with Crippen molar-refractivity contribution in [1.82, 2.24) is 0 Å². The third-order valence-electron chi connectivity index (χ3n) is 8.94. The number of aryl methyl sites for hydroxylation is 1. The largest absolute Gasteiger partial charge is 0.489 e. The molecule has 182 valence electrons. The molecule has 2 aromatic carbocycles. The zero-order chi connectivity index (χ0) is 23.7. The van der Waals surface area contributed by atoms with Crippen LogP contribution in [0.3, 0.4) is 0 Å². The Labute approximate surface area is 203 Å². The predicted octanol–water partition coefficient (Wildman–Crippen LogP) is 7.36. The van der Waals surface area contributed by atoms with E-state index in [1.54, 1.807) is 12.1 Å². The van der Waals surface area contributed by atoms with Crippen LogP contribution >= 0.6 is 0 Å². The van der Waals surface area contributed by atoms with Gasteiger partial charge in [-0.2, -0.15) is 0 Å². The quantitative estimate of drug-likeness (QED) is 0.402. The first kappa shape index (κ1) is 23.4. The van der Waals surface area contributed by atoms with Crippen LogP contribution in [0.25, 0.3) is 0 Å². The van der Waals surface area contributed by atoms with Crippen LogP contribution in [-0.2, 0) is 22.6 Å². The fraction of sp³-hybridized carbons (Fsp3) is 0.567. The highest BCUT2D eigenvalue weighted by atomic mass is 19.1. The zero-order valence-corrected chi connectivity index (χ0v) is 20.5. The second-order valence-corrected chi connectivity index (χ2v) is 10.9. The van der Waals surface area contributed by atoms with Crippen molar-refractivity contribution in [3.05, 3.63) is 65.0 Å². The van der Waals surface area contributed by atoms with Gasteiger partial charge in [-0.05, 0) is 104 Å². The first-order valence-electron chi connectivity index (χ1n) is 13.2. The summed E-state index contributed by atoms with van der Waals surface area (Å²) in [5.74, 6) is 2.58. The number of esters is 1. The Morgan fingerprint density at radius 3 is 2.71 bits per heavy atom. The molecule has 34 heavy (non-hydrogen) atoms. The maximum Gasteiger partial charge on any atom is 0.306 e. The van der Waals surface area contributed by atoms with Gasteiger partial charge in [-0.1, -0.05) is 38.5 Å². The van der Waals surface area contributed by atoms with Crippen LogP contribution in [0.2, 0.25) is 0 Å². The molecule has 0 spiro atoms. The van der Waals surface area contributed by atoms with Crippen molar-refractivity contribution in [2.45, 2.75) is 90.3 Å². The molecule has 5 rings (SSSR count). The van der Waals surface area contributed by atoms with Crippen molar-refractivity contribution in [1.29, 1.82) is 0 Å². The van der Waals surface area contributed by atoms with Crippen LogP contribution in [-0.4, -0.2) is 12.1 Å². The van der Waals surface area contributed by atoms with Crippen LogP contribution in [0.15, 0.2) is 42.5 Å². The number of carbonyl (C=O) groups is 1. The minimum atomic E-state index is -0.223. The highest BCUT2D eigenvalue weighted by molar-refractivity contribution is 5.69. The van der Waals surface area contributed by atoms with Crippen molar-refractivity contribution in [2.75, 3.05) is 0 Å². The van der Waals surface area contributed by atoms with Crippen molar-refractivity contribution in [2.24, 2.45) is 17.3 Å². The van der Waals surface area contributed by atoms with Gasteiger partial charge in [0.15, 0.2) is 0 Å². The van der Waals surface area contributed by atoms with Gasteiger partial charge in [0.2, 0.25) is 0 Å². The Hall–Kier alpha value is -2.36. The molecular formula is C30H37FO3. The number of hydrogen-bond acceptors (Lipinski definition) is 3. The third-order valence-corrected chi connectivity index (χ3v) is 8.94. The summed E-state index contributed by atoms with van der Waals surface area (Å²) >= 11 is 0. The smallest absolute Gasteiger partial charge is 0.306 e. The molecule has 3 nitrogen and oxygen atoms in total. The molecule has 0 aromatic heterocycles. The summed E-state index contributed by atoms with van der Waals surface area (Å²) in [7, 11) is 0. The van der Waals surface area contributed by atoms with Crippen LogP contribution in [0.1, 0.15) is 87.8 Å². The summed E-state index contributed by atoms with van der Waals surface area (Å²) < 4.78 is 25.2. The molecule has 0 heterocycles. The molecule has 0 bridgehead atoms. The summed E-state index contributed by atoms with van der Waals surface area (Å²) in [5, 5.41) is 0. The minimum absolute atomic E-state index is 0.00185. The molecule has 0 amide bonds. The maximum absolute atomic E-state index is 13.1. The topological polar surface area (TPSA) is 35.5 Å². The van der Waals surface area contributed by atoms with E-state index in [0.29, 0.717) is 30.8 Å². The summed E-state index contributed by atoms with van der Waals surface area (Å²) in [4.78, 5) is 12.4. The number of benzene rings is 2. The molecule has 0 aliphatic heterocycles. The molecule has 2 aromatic rings. The van der Waals surface area contributed by atoms with Crippen molar-refractivity contribution in [3.8, 4) is 5.75 Å². The van der Waals surface area contributed by atoms with Crippen molar-refractivity contribution < 1.29 is 18.7 Å². The molecule has 3 aliphatic rings. The standard InChI is InChI=1S/C30H37FO3/c1-3-4-5-29(32)34-28-15-14-27-26-12-8-21-18-23(33-19-20-6-9-22(31)10-7-20)11-13-24(21)25(26)16-17-30(27,28)2/h6-7,9-11,13,18,25-28H,3-5,8,12,14-17,19H2,1-2H3/t25-,26-,27-,28+,30-/m0/s1. The second kappa shape index (κ2) is 9.71. The van der Waals surface area contributed by atoms with Gasteiger partial charge < -0.3 is 9.47 Å². The van der Waals surface area contributed by atoms with Crippen LogP contribution in [0.5, 0.6) is 5.75 Å². The zero-order valence-electron chi connectivity index (χ0n) is 20.5. The number of carbonyl (C=O) groups excluding carboxylic acids is 1. The molecule has 0 radical (unpaired) electrons. The molecule has 0 N–H and O–H groups in total. The van der Waals surface area contributed by atoms with E-state index in [1.165, 1.54) is 42.5 Å². The number of unbranched alkanes of at least 4 members (excludes halogenated alkanes) is 1. The fourth-order valence-electron chi connectivity index (χ4n) is 7.08. The van der Waals surface area contributed by atoms with Gasteiger partial charge in [-0.3, -0.25) is 4.79 Å². The Bertz CT molecular complexity index is 1020. The van der Waals surface area contributed by atoms with Crippen LogP contribution < -0.4 is 4.74 Å². The lowest BCUT2D eigenvalue weighted by atomic mass is 9.55. The molecular weight excluding hydrogens is 427 g/mol. The van der Waals surface area contributed by atoms with E-state index in [4.69, 9.17) is 9.47 Å². The second-order valence-electron chi connectivity index (χ2n) is 10.9. The van der Waals surface area contributed by atoms with Gasteiger partial charge in [0, 0.05) is 11.8 Å². The summed E-state index contributed by atoms with van der Waals surface area (Å²) in [5.41, 5.74) is 4.01. The Balaban J connectivity index is 1.25. The van der Waals surface area contributed by atoms with Crippen LogP contribution in [0, 0.1) is 23.1 Å². The Morgan fingerprint density at radius 2 is 1.91 bits per heavy atom. The fourth-order valence-corrected chi connectivity index (χ4v) is 7.08. The van der Waals surface area contributed by atoms with Crippen LogP contribution in [0.4, 0.5) is 4.39 Å². The normalized spacial score (nSPS) is 29.6. The van der Waals surface area contributed by atoms with E-state index < -0.39 is 0 Å². The molecule has 5 atom stereocenters. The Morgan fingerprint density at radius 1 is 1.09 bits per heavy atom. The number of ether oxygens (including phenoxy) is 2. The van der Waals surface area contributed by atoms with E-state index in [1.807, 2.05) is 0 Å². The molecule has 2 fully saturated rings. The van der Waals surface area contributed by atoms with E-state index in [9.17, 15) is 9.18 Å². The molecule has 4 heteroatoms. The van der Waals surface area contributed by atoms with E-state index in [0.717, 1.165) is 43.4 Å². The number of halogens is 1. The first-order chi connectivity index (χ1) is 16.5. The lowest BCUT2D eigenvalue weighted by Crippen LogP contribution is -2.45. The lowest BCUT2D eigenvalue weighted by Gasteiger charge is -2.50. The van der Waals surface area contributed by atoms with Gasteiger partial charge in [0.1, 0.15) is 24.3 Å². The third kappa shape index (κ3) is 4.48. The highest BCUT2D eigenvalue weighted by Crippen LogP contribution is 2.61. The number of fused-ring (bicyclic) bond motifs is 5. The average Bonchev–Trinajstić information content (AvgIpc) is 3.18. The van der Waals surface area contributed by atoms with E-state index >= 15 is 0 Å². The van der Waals surface area contributed by atoms with Gasteiger partial charge in [0.25, 0.3) is 0 Å². The maximum atomic E-state index is 13.1. The molecule has 3 aliphatic carbocycles. The van der Waals surface area contributed by atoms with Gasteiger partial charge in [-0.15, -0.1) is 0 Å². The summed E-state index contributed by atoms with van der Waals surface area (Å²) in [6.45, 7) is 4.95. The average molecular weight is 465 g/mol. The number of rotatable bonds is 7. The monoisotopic (exact) mass is 464 g/mol. The van der Waals surface area contributed by atoms with E-state index in [-0.39, 0.29) is 23.3 Å².